The Labute approximate surface area is 219 Å². The van der Waals surface area contributed by atoms with Crippen molar-refractivity contribution in [3.05, 3.63) is 64.5 Å². The summed E-state index contributed by atoms with van der Waals surface area (Å²) in [5.74, 6) is 2.83. The molecule has 0 unspecified atom stereocenters. The molecule has 37 heavy (non-hydrogen) atoms. The van der Waals surface area contributed by atoms with Crippen molar-refractivity contribution < 1.29 is 28.2 Å². The van der Waals surface area contributed by atoms with E-state index in [2.05, 4.69) is 10.1 Å². The number of nitrogens with zero attached hydrogens (tertiary/aromatic N) is 3. The van der Waals surface area contributed by atoms with Gasteiger partial charge in [0, 0.05) is 18.2 Å². The Morgan fingerprint density at radius 3 is 2.73 bits per heavy atom. The molecule has 0 aliphatic heterocycles. The van der Waals surface area contributed by atoms with E-state index in [1.807, 2.05) is 55.8 Å². The molecular weight excluding hydrogens is 494 g/mol. The third-order valence-corrected chi connectivity index (χ3v) is 6.40. The number of oxazole rings is 1. The maximum atomic E-state index is 11.8. The summed E-state index contributed by atoms with van der Waals surface area (Å²) in [5, 5.41) is 6.55. The van der Waals surface area contributed by atoms with Crippen LogP contribution >= 0.6 is 11.3 Å². The minimum absolute atomic E-state index is 0.235. The molecule has 0 bridgehead atoms. The molecule has 3 heterocycles. The third-order valence-electron chi connectivity index (χ3n) is 5.55. The van der Waals surface area contributed by atoms with Crippen molar-refractivity contribution in [3.63, 3.8) is 0 Å². The quantitative estimate of drug-likeness (QED) is 0.213. The monoisotopic (exact) mass is 525 g/mol. The van der Waals surface area contributed by atoms with Crippen molar-refractivity contribution in [2.45, 2.75) is 46.8 Å². The molecule has 0 saturated heterocycles. The van der Waals surface area contributed by atoms with Gasteiger partial charge in [-0.25, -0.2) is 4.98 Å². The highest BCUT2D eigenvalue weighted by Crippen LogP contribution is 2.31. The fourth-order valence-electron chi connectivity index (χ4n) is 3.76. The average Bonchev–Trinajstić information content (AvgIpc) is 3.63. The summed E-state index contributed by atoms with van der Waals surface area (Å²) in [6, 6.07) is 9.70. The first-order valence-electron chi connectivity index (χ1n) is 12.1. The lowest BCUT2D eigenvalue weighted by Crippen LogP contribution is -2.05. The lowest BCUT2D eigenvalue weighted by Gasteiger charge is -2.12. The van der Waals surface area contributed by atoms with Gasteiger partial charge in [0.2, 0.25) is 11.8 Å². The first-order chi connectivity index (χ1) is 18.0. The first-order valence-corrected chi connectivity index (χ1v) is 13.0. The van der Waals surface area contributed by atoms with Gasteiger partial charge in [0.1, 0.15) is 18.1 Å². The Morgan fingerprint density at radius 1 is 1.14 bits per heavy atom. The number of aryl methyl sites for hydroxylation is 2. The zero-order valence-electron chi connectivity index (χ0n) is 21.5. The van der Waals surface area contributed by atoms with Crippen LogP contribution in [0, 0.1) is 6.92 Å². The van der Waals surface area contributed by atoms with E-state index in [0.717, 1.165) is 27.5 Å². The van der Waals surface area contributed by atoms with Gasteiger partial charge in [-0.3, -0.25) is 9.48 Å². The number of methoxy groups -OCH3 is 1. The van der Waals surface area contributed by atoms with Gasteiger partial charge in [0.25, 0.3) is 0 Å². The topological polar surface area (TPSA) is 97.8 Å². The lowest BCUT2D eigenvalue weighted by atomic mass is 10.2. The van der Waals surface area contributed by atoms with E-state index in [0.29, 0.717) is 49.4 Å². The zero-order chi connectivity index (χ0) is 26.2. The van der Waals surface area contributed by atoms with Gasteiger partial charge in [0.05, 0.1) is 31.7 Å². The fraction of sp³-hybridized carbons (Fsp3) is 0.370. The molecule has 0 spiro atoms. The minimum Gasteiger partial charge on any atom is -0.493 e. The number of rotatable bonds is 13. The largest absolute Gasteiger partial charge is 0.493 e. The summed E-state index contributed by atoms with van der Waals surface area (Å²) >= 11 is 1.58. The molecule has 4 aromatic rings. The van der Waals surface area contributed by atoms with E-state index >= 15 is 0 Å². The smallest absolute Gasteiger partial charge is 0.306 e. The van der Waals surface area contributed by atoms with Crippen molar-refractivity contribution in [3.8, 4) is 28.1 Å². The van der Waals surface area contributed by atoms with Crippen LogP contribution in [0.4, 0.5) is 0 Å². The maximum absolute atomic E-state index is 11.8. The van der Waals surface area contributed by atoms with E-state index in [1.165, 1.54) is 0 Å². The molecule has 0 aliphatic carbocycles. The highest BCUT2D eigenvalue weighted by molar-refractivity contribution is 7.13. The molecule has 196 valence electrons. The fourth-order valence-corrected chi connectivity index (χ4v) is 4.40. The van der Waals surface area contributed by atoms with E-state index in [-0.39, 0.29) is 19.0 Å². The number of thiophene rings is 1. The van der Waals surface area contributed by atoms with Crippen LogP contribution in [0.5, 0.6) is 17.4 Å². The average molecular weight is 526 g/mol. The molecule has 0 atom stereocenters. The van der Waals surface area contributed by atoms with Crippen LogP contribution in [-0.4, -0.2) is 41.1 Å². The zero-order valence-corrected chi connectivity index (χ0v) is 22.3. The molecule has 0 radical (unpaired) electrons. The number of aromatic nitrogens is 3. The van der Waals surface area contributed by atoms with Crippen LogP contribution in [0.25, 0.3) is 10.8 Å². The number of esters is 1. The van der Waals surface area contributed by atoms with Crippen molar-refractivity contribution in [1.29, 1.82) is 0 Å². The molecule has 1 aromatic carbocycles. The number of hydrogen-bond donors (Lipinski definition) is 0. The molecule has 0 saturated carbocycles. The van der Waals surface area contributed by atoms with E-state index in [4.69, 9.17) is 23.4 Å². The summed E-state index contributed by atoms with van der Waals surface area (Å²) < 4.78 is 29.9. The van der Waals surface area contributed by atoms with Crippen LogP contribution in [0.2, 0.25) is 0 Å². The van der Waals surface area contributed by atoms with Crippen LogP contribution in [-0.2, 0) is 29.1 Å². The minimum atomic E-state index is -0.235. The van der Waals surface area contributed by atoms with Gasteiger partial charge in [-0.1, -0.05) is 12.1 Å². The van der Waals surface area contributed by atoms with Crippen LogP contribution in [0.3, 0.4) is 0 Å². The summed E-state index contributed by atoms with van der Waals surface area (Å²) in [5.41, 5.74) is 2.58. The normalized spacial score (nSPS) is 10.9. The van der Waals surface area contributed by atoms with E-state index < -0.39 is 0 Å². The summed E-state index contributed by atoms with van der Waals surface area (Å²) in [7, 11) is 1.61. The molecule has 0 aliphatic rings. The third kappa shape index (κ3) is 6.71. The Morgan fingerprint density at radius 2 is 2.00 bits per heavy atom. The van der Waals surface area contributed by atoms with Crippen molar-refractivity contribution in [2.24, 2.45) is 0 Å². The molecular formula is C27H31N3O6S. The molecule has 3 aromatic heterocycles. The number of hydrogen-bond acceptors (Lipinski definition) is 9. The van der Waals surface area contributed by atoms with Gasteiger partial charge in [-0.2, -0.15) is 0 Å². The number of carbonyl (C=O) groups excluding carboxylic acids is 1. The van der Waals surface area contributed by atoms with Gasteiger partial charge in [-0.15, -0.1) is 16.4 Å². The van der Waals surface area contributed by atoms with Crippen molar-refractivity contribution >= 4 is 17.3 Å². The van der Waals surface area contributed by atoms with Crippen molar-refractivity contribution in [2.75, 3.05) is 20.3 Å². The Bertz CT molecular complexity index is 1310. The predicted octanol–water partition coefficient (Wildman–Crippen LogP) is 5.44. The van der Waals surface area contributed by atoms with Gasteiger partial charge < -0.3 is 23.4 Å². The highest BCUT2D eigenvalue weighted by Gasteiger charge is 2.16. The molecule has 0 fully saturated rings. The van der Waals surface area contributed by atoms with Crippen LogP contribution in [0.1, 0.15) is 42.8 Å². The first kappa shape index (κ1) is 26.3. The van der Waals surface area contributed by atoms with E-state index in [1.54, 1.807) is 30.1 Å². The highest BCUT2D eigenvalue weighted by atomic mass is 32.1. The van der Waals surface area contributed by atoms with Crippen molar-refractivity contribution in [1.82, 2.24) is 14.8 Å². The maximum Gasteiger partial charge on any atom is 0.306 e. The van der Waals surface area contributed by atoms with Crippen LogP contribution < -0.4 is 14.2 Å². The van der Waals surface area contributed by atoms with Crippen LogP contribution in [0.15, 0.2) is 46.3 Å². The molecule has 9 nitrogen and oxygen atoms in total. The molecule has 4 rings (SSSR count). The second-order valence-corrected chi connectivity index (χ2v) is 9.12. The Balaban J connectivity index is 1.43. The van der Waals surface area contributed by atoms with Gasteiger partial charge >= 0.3 is 5.97 Å². The molecule has 10 heteroatoms. The lowest BCUT2D eigenvalue weighted by molar-refractivity contribution is -0.143. The summed E-state index contributed by atoms with van der Waals surface area (Å²) in [4.78, 5) is 17.3. The molecule has 0 amide bonds. The number of ether oxygens (including phenoxy) is 4. The predicted molar refractivity (Wildman–Crippen MR) is 139 cm³/mol. The SMILES string of the molecule is CCOC(=O)CCc1cn(Cc2ccc(OCc3nc(-c4cccs4)oc3C)c(OC)c2)nc1OCC. The second-order valence-electron chi connectivity index (χ2n) is 8.17. The number of carbonyl (C=O) groups is 1. The molecule has 0 N–H and O–H groups in total. The number of benzene rings is 1. The van der Waals surface area contributed by atoms with Gasteiger partial charge in [-0.05, 0) is 56.3 Å². The summed E-state index contributed by atoms with van der Waals surface area (Å²) in [6.45, 7) is 7.20. The van der Waals surface area contributed by atoms with Gasteiger partial charge in [0.15, 0.2) is 11.5 Å². The Hall–Kier alpha value is -3.79. The van der Waals surface area contributed by atoms with E-state index in [9.17, 15) is 4.79 Å². The second kappa shape index (κ2) is 12.4. The summed E-state index contributed by atoms with van der Waals surface area (Å²) in [6.07, 6.45) is 2.68. The standard InChI is InChI=1S/C27H31N3O6S/c1-5-33-25(31)12-10-20-16-30(29-26(20)34-6-2)15-19-9-11-22(23(14-19)32-4)35-17-21-18(3)36-27(28-21)24-8-7-13-37-24/h7-9,11,13-14,16H,5-6,10,12,15,17H2,1-4H3. The Kier molecular flexibility index (Phi) is 8.84.